The molecule has 3 aromatic rings. The molecular weight excluding hydrogens is 376 g/mol. The van der Waals surface area contributed by atoms with Gasteiger partial charge in [0.1, 0.15) is 18.2 Å². The summed E-state index contributed by atoms with van der Waals surface area (Å²) in [4.78, 5) is 14.9. The number of nitrogens with zero attached hydrogens (tertiary/aromatic N) is 4. The number of aromatic nitrogens is 3. The Morgan fingerprint density at radius 1 is 1.14 bits per heavy atom. The first-order valence-electron chi connectivity index (χ1n) is 9.41. The lowest BCUT2D eigenvalue weighted by Gasteiger charge is -2.32. The van der Waals surface area contributed by atoms with Gasteiger partial charge in [-0.2, -0.15) is 0 Å². The Labute approximate surface area is 167 Å². The number of halogens is 1. The number of piperidine rings is 1. The third kappa shape index (κ3) is 3.03. The van der Waals surface area contributed by atoms with Gasteiger partial charge in [-0.25, -0.2) is 0 Å². The highest BCUT2D eigenvalue weighted by molar-refractivity contribution is 6.30. The Balaban J connectivity index is 1.30. The van der Waals surface area contributed by atoms with Gasteiger partial charge >= 0.3 is 0 Å². The molecule has 7 heteroatoms. The van der Waals surface area contributed by atoms with Gasteiger partial charge in [-0.05, 0) is 49.2 Å². The number of benzene rings is 1. The number of rotatable bonds is 2. The maximum absolute atomic E-state index is 13.0. The van der Waals surface area contributed by atoms with E-state index in [1.807, 2.05) is 51.9 Å². The van der Waals surface area contributed by atoms with Gasteiger partial charge < -0.3 is 9.64 Å². The number of amides is 1. The maximum atomic E-state index is 13.0. The van der Waals surface area contributed by atoms with E-state index in [1.54, 1.807) is 6.07 Å². The molecule has 0 spiro atoms. The Morgan fingerprint density at radius 3 is 2.86 bits per heavy atom. The standard InChI is InChI=1S/C21H19ClN4O2/c22-17-4-5-18-15(12-17)11-16(13-28-18)21(27)25-9-6-14(7-10-25)20-24-23-19-3-1-2-8-26(19)20/h1-5,8,11-12,14H,6-7,9-10,13H2. The molecule has 1 saturated heterocycles. The third-order valence-corrected chi connectivity index (χ3v) is 5.68. The number of hydrogen-bond acceptors (Lipinski definition) is 4. The first kappa shape index (κ1) is 17.3. The number of pyridine rings is 1. The van der Waals surface area contributed by atoms with Crippen LogP contribution in [0.15, 0.2) is 48.2 Å². The van der Waals surface area contributed by atoms with E-state index in [9.17, 15) is 4.79 Å². The summed E-state index contributed by atoms with van der Waals surface area (Å²) in [6.07, 6.45) is 5.63. The zero-order valence-electron chi connectivity index (χ0n) is 15.2. The molecule has 0 atom stereocenters. The molecule has 2 aliphatic rings. The van der Waals surface area contributed by atoms with Crippen molar-refractivity contribution >= 4 is 29.2 Å². The second kappa shape index (κ2) is 6.95. The summed E-state index contributed by atoms with van der Waals surface area (Å²) in [6, 6.07) is 11.4. The molecule has 0 radical (unpaired) electrons. The van der Waals surface area contributed by atoms with Crippen molar-refractivity contribution in [3.8, 4) is 5.75 Å². The molecule has 4 heterocycles. The van der Waals surface area contributed by atoms with Gasteiger partial charge in [0.2, 0.25) is 0 Å². The largest absolute Gasteiger partial charge is 0.488 e. The molecule has 1 amide bonds. The van der Waals surface area contributed by atoms with Gasteiger partial charge in [-0.3, -0.25) is 9.20 Å². The minimum absolute atomic E-state index is 0.0372. The molecule has 0 saturated carbocycles. The van der Waals surface area contributed by atoms with Crippen LogP contribution in [0.25, 0.3) is 11.7 Å². The molecule has 0 bridgehead atoms. The van der Waals surface area contributed by atoms with E-state index in [0.717, 1.165) is 35.6 Å². The molecule has 2 aliphatic heterocycles. The van der Waals surface area contributed by atoms with Gasteiger partial charge in [0.15, 0.2) is 5.65 Å². The van der Waals surface area contributed by atoms with E-state index in [0.29, 0.717) is 36.2 Å². The van der Waals surface area contributed by atoms with Gasteiger partial charge in [-0.1, -0.05) is 17.7 Å². The second-order valence-electron chi connectivity index (χ2n) is 7.19. The minimum atomic E-state index is 0.0372. The average Bonchev–Trinajstić information content (AvgIpc) is 3.17. The average molecular weight is 395 g/mol. The van der Waals surface area contributed by atoms with Crippen molar-refractivity contribution in [3.63, 3.8) is 0 Å². The second-order valence-corrected chi connectivity index (χ2v) is 7.63. The van der Waals surface area contributed by atoms with E-state index in [4.69, 9.17) is 16.3 Å². The molecule has 0 N–H and O–H groups in total. The highest BCUT2D eigenvalue weighted by Crippen LogP contribution is 2.31. The predicted octanol–water partition coefficient (Wildman–Crippen LogP) is 3.56. The molecule has 28 heavy (non-hydrogen) atoms. The first-order valence-corrected chi connectivity index (χ1v) is 9.79. The van der Waals surface area contributed by atoms with Gasteiger partial charge in [0.25, 0.3) is 5.91 Å². The fraction of sp³-hybridized carbons (Fsp3) is 0.286. The molecule has 1 fully saturated rings. The summed E-state index contributed by atoms with van der Waals surface area (Å²) in [6.45, 7) is 1.69. The summed E-state index contributed by atoms with van der Waals surface area (Å²) >= 11 is 6.07. The quantitative estimate of drug-likeness (QED) is 0.666. The van der Waals surface area contributed by atoms with Crippen LogP contribution in [0.2, 0.25) is 5.02 Å². The molecule has 0 unspecified atom stereocenters. The Kier molecular flexibility index (Phi) is 4.28. The summed E-state index contributed by atoms with van der Waals surface area (Å²) in [5.41, 5.74) is 2.38. The highest BCUT2D eigenvalue weighted by atomic mass is 35.5. The smallest absolute Gasteiger partial charge is 0.253 e. The number of hydrogen-bond donors (Lipinski definition) is 0. The highest BCUT2D eigenvalue weighted by Gasteiger charge is 2.29. The molecule has 6 nitrogen and oxygen atoms in total. The number of carbonyl (C=O) groups is 1. The van der Waals surface area contributed by atoms with Gasteiger partial charge in [-0.15, -0.1) is 10.2 Å². The minimum Gasteiger partial charge on any atom is -0.488 e. The zero-order valence-corrected chi connectivity index (χ0v) is 16.0. The topological polar surface area (TPSA) is 59.7 Å². The molecule has 5 rings (SSSR count). The molecule has 1 aromatic carbocycles. The fourth-order valence-electron chi connectivity index (χ4n) is 3.95. The van der Waals surface area contributed by atoms with E-state index < -0.39 is 0 Å². The van der Waals surface area contributed by atoms with Gasteiger partial charge in [0, 0.05) is 35.8 Å². The summed E-state index contributed by atoms with van der Waals surface area (Å²) in [5.74, 6) is 2.08. The number of fused-ring (bicyclic) bond motifs is 2. The lowest BCUT2D eigenvalue weighted by atomic mass is 9.95. The van der Waals surface area contributed by atoms with E-state index >= 15 is 0 Å². The van der Waals surface area contributed by atoms with Crippen LogP contribution in [-0.4, -0.2) is 45.1 Å². The van der Waals surface area contributed by atoms with Crippen molar-refractivity contribution < 1.29 is 9.53 Å². The third-order valence-electron chi connectivity index (χ3n) is 5.45. The van der Waals surface area contributed by atoms with Crippen molar-refractivity contribution in [2.45, 2.75) is 18.8 Å². The number of ether oxygens (including phenoxy) is 1. The van der Waals surface area contributed by atoms with Crippen molar-refractivity contribution in [1.29, 1.82) is 0 Å². The molecule has 2 aromatic heterocycles. The summed E-state index contributed by atoms with van der Waals surface area (Å²) in [7, 11) is 0. The van der Waals surface area contributed by atoms with Crippen LogP contribution in [0.1, 0.15) is 30.1 Å². The van der Waals surface area contributed by atoms with Gasteiger partial charge in [0.05, 0.1) is 5.57 Å². The fourth-order valence-corrected chi connectivity index (χ4v) is 4.13. The van der Waals surface area contributed by atoms with Crippen molar-refractivity contribution in [2.75, 3.05) is 19.7 Å². The lowest BCUT2D eigenvalue weighted by molar-refractivity contribution is -0.128. The van der Waals surface area contributed by atoms with Crippen molar-refractivity contribution in [2.24, 2.45) is 0 Å². The Morgan fingerprint density at radius 2 is 2.00 bits per heavy atom. The van der Waals surface area contributed by atoms with E-state index in [-0.39, 0.29) is 5.91 Å². The zero-order chi connectivity index (χ0) is 19.1. The molecule has 142 valence electrons. The van der Waals surface area contributed by atoms with Crippen LogP contribution < -0.4 is 4.74 Å². The van der Waals surface area contributed by atoms with Crippen LogP contribution in [-0.2, 0) is 4.79 Å². The predicted molar refractivity (Wildman–Crippen MR) is 106 cm³/mol. The normalized spacial score (nSPS) is 17.2. The van der Waals surface area contributed by atoms with Crippen LogP contribution in [0, 0.1) is 0 Å². The Hall–Kier alpha value is -2.86. The summed E-state index contributed by atoms with van der Waals surface area (Å²) in [5, 5.41) is 9.26. The maximum Gasteiger partial charge on any atom is 0.253 e. The first-order chi connectivity index (χ1) is 13.7. The number of likely N-dealkylation sites (tertiary alicyclic amines) is 1. The SMILES string of the molecule is O=C(C1=Cc2cc(Cl)ccc2OC1)N1CCC(c2nnc3ccccn23)CC1. The Bertz CT molecular complexity index is 1080. The van der Waals surface area contributed by atoms with Crippen LogP contribution in [0.4, 0.5) is 0 Å². The lowest BCUT2D eigenvalue weighted by Crippen LogP contribution is -2.40. The monoisotopic (exact) mass is 394 g/mol. The van der Waals surface area contributed by atoms with E-state index in [1.165, 1.54) is 0 Å². The molecule has 0 aliphatic carbocycles. The van der Waals surface area contributed by atoms with Crippen LogP contribution >= 0.6 is 11.6 Å². The van der Waals surface area contributed by atoms with Crippen molar-refractivity contribution in [1.82, 2.24) is 19.5 Å². The summed E-state index contributed by atoms with van der Waals surface area (Å²) < 4.78 is 7.78. The van der Waals surface area contributed by atoms with Crippen molar-refractivity contribution in [3.05, 3.63) is 64.6 Å². The van der Waals surface area contributed by atoms with Crippen LogP contribution in [0.5, 0.6) is 5.75 Å². The molecular formula is C21H19ClN4O2. The van der Waals surface area contributed by atoms with Crippen LogP contribution in [0.3, 0.4) is 0 Å². The van der Waals surface area contributed by atoms with E-state index in [2.05, 4.69) is 10.2 Å². The number of carbonyl (C=O) groups excluding carboxylic acids is 1.